The van der Waals surface area contributed by atoms with Crippen LogP contribution in [0.4, 0.5) is 0 Å². The lowest BCUT2D eigenvalue weighted by atomic mass is 10.1. The molecule has 0 radical (unpaired) electrons. The summed E-state index contributed by atoms with van der Waals surface area (Å²) in [7, 11) is -3.57. The summed E-state index contributed by atoms with van der Waals surface area (Å²) in [5, 5.41) is 0. The van der Waals surface area contributed by atoms with Gasteiger partial charge < -0.3 is 9.64 Å². The molecule has 8 heteroatoms. The first-order valence-corrected chi connectivity index (χ1v) is 10.4. The molecule has 0 spiro atoms. The molecule has 0 saturated carbocycles. The van der Waals surface area contributed by atoms with Crippen LogP contribution in [0.15, 0.2) is 53.4 Å². The fourth-order valence-electron chi connectivity index (χ4n) is 3.03. The number of rotatable bonds is 4. The molecule has 0 aliphatic carbocycles. The molecule has 1 saturated heterocycles. The SMILES string of the molecule is CC(=O)Oc1cccc(C(=O)N2CCN(S(=O)(=O)c3ccc(C)cc3)CC2)c1. The minimum absolute atomic E-state index is 0.221. The molecular formula is C20H22N2O5S. The largest absolute Gasteiger partial charge is 0.427 e. The van der Waals surface area contributed by atoms with Gasteiger partial charge in [0.1, 0.15) is 5.75 Å². The highest BCUT2D eigenvalue weighted by molar-refractivity contribution is 7.89. The van der Waals surface area contributed by atoms with Gasteiger partial charge in [0.25, 0.3) is 5.91 Å². The molecule has 1 heterocycles. The molecule has 2 aromatic carbocycles. The number of ether oxygens (including phenoxy) is 1. The van der Waals surface area contributed by atoms with Crippen LogP contribution in [-0.4, -0.2) is 55.7 Å². The van der Waals surface area contributed by atoms with E-state index in [9.17, 15) is 18.0 Å². The van der Waals surface area contributed by atoms with Crippen LogP contribution in [0.3, 0.4) is 0 Å². The van der Waals surface area contributed by atoms with Gasteiger partial charge in [0.05, 0.1) is 4.90 Å². The van der Waals surface area contributed by atoms with E-state index in [1.807, 2.05) is 6.92 Å². The van der Waals surface area contributed by atoms with Crippen LogP contribution >= 0.6 is 0 Å². The Morgan fingerprint density at radius 2 is 1.61 bits per heavy atom. The lowest BCUT2D eigenvalue weighted by molar-refractivity contribution is -0.131. The minimum Gasteiger partial charge on any atom is -0.427 e. The number of aryl methyl sites for hydroxylation is 1. The smallest absolute Gasteiger partial charge is 0.308 e. The third-order valence-electron chi connectivity index (χ3n) is 4.53. The first kappa shape index (κ1) is 20.0. The van der Waals surface area contributed by atoms with E-state index < -0.39 is 16.0 Å². The van der Waals surface area contributed by atoms with Gasteiger partial charge in [0, 0.05) is 38.7 Å². The number of esters is 1. The molecular weight excluding hydrogens is 380 g/mol. The molecule has 1 amide bonds. The van der Waals surface area contributed by atoms with Crippen molar-refractivity contribution in [2.75, 3.05) is 26.2 Å². The van der Waals surface area contributed by atoms with Crippen molar-refractivity contribution in [1.82, 2.24) is 9.21 Å². The Hall–Kier alpha value is -2.71. The van der Waals surface area contributed by atoms with Gasteiger partial charge in [-0.25, -0.2) is 8.42 Å². The average Bonchev–Trinajstić information content (AvgIpc) is 2.67. The number of benzene rings is 2. The van der Waals surface area contributed by atoms with Crippen molar-refractivity contribution in [3.05, 3.63) is 59.7 Å². The highest BCUT2D eigenvalue weighted by Crippen LogP contribution is 2.20. The first-order chi connectivity index (χ1) is 13.3. The molecule has 148 valence electrons. The maximum atomic E-state index is 12.8. The molecule has 7 nitrogen and oxygen atoms in total. The van der Waals surface area contributed by atoms with Crippen molar-refractivity contribution in [2.45, 2.75) is 18.7 Å². The number of hydrogen-bond donors (Lipinski definition) is 0. The molecule has 0 aromatic heterocycles. The summed E-state index contributed by atoms with van der Waals surface area (Å²) in [6.45, 7) is 4.24. The summed E-state index contributed by atoms with van der Waals surface area (Å²) >= 11 is 0. The third kappa shape index (κ3) is 4.40. The highest BCUT2D eigenvalue weighted by Gasteiger charge is 2.30. The Morgan fingerprint density at radius 3 is 2.21 bits per heavy atom. The van der Waals surface area contributed by atoms with Gasteiger partial charge in [-0.1, -0.05) is 23.8 Å². The standard InChI is InChI=1S/C20H22N2O5S/c1-15-6-8-19(9-7-15)28(25,26)22-12-10-21(11-13-22)20(24)17-4-3-5-18(14-17)27-16(2)23/h3-9,14H,10-13H2,1-2H3. The van der Waals surface area contributed by atoms with Crippen molar-refractivity contribution in [2.24, 2.45) is 0 Å². The zero-order valence-electron chi connectivity index (χ0n) is 15.8. The van der Waals surface area contributed by atoms with E-state index in [1.54, 1.807) is 47.4 Å². The topological polar surface area (TPSA) is 84.0 Å². The zero-order chi connectivity index (χ0) is 20.3. The van der Waals surface area contributed by atoms with E-state index in [-0.39, 0.29) is 23.9 Å². The zero-order valence-corrected chi connectivity index (χ0v) is 16.6. The van der Waals surface area contributed by atoms with Crippen LogP contribution in [0.2, 0.25) is 0 Å². The van der Waals surface area contributed by atoms with E-state index in [0.29, 0.717) is 24.4 Å². The van der Waals surface area contributed by atoms with E-state index >= 15 is 0 Å². The predicted octanol–water partition coefficient (Wildman–Crippen LogP) is 2.07. The second-order valence-corrected chi connectivity index (χ2v) is 8.57. The maximum Gasteiger partial charge on any atom is 0.308 e. The average molecular weight is 402 g/mol. The van der Waals surface area contributed by atoms with Crippen molar-refractivity contribution < 1.29 is 22.7 Å². The Bertz CT molecular complexity index is 978. The molecule has 1 aliphatic heterocycles. The van der Waals surface area contributed by atoms with Crippen LogP contribution < -0.4 is 4.74 Å². The van der Waals surface area contributed by atoms with Gasteiger partial charge in [-0.2, -0.15) is 4.31 Å². The molecule has 2 aromatic rings. The Balaban J connectivity index is 1.67. The number of amides is 1. The Labute approximate surface area is 164 Å². The third-order valence-corrected chi connectivity index (χ3v) is 6.44. The van der Waals surface area contributed by atoms with E-state index in [2.05, 4.69) is 0 Å². The summed E-state index contributed by atoms with van der Waals surface area (Å²) < 4.78 is 31.9. The molecule has 0 bridgehead atoms. The Morgan fingerprint density at radius 1 is 0.964 bits per heavy atom. The van der Waals surface area contributed by atoms with E-state index in [1.165, 1.54) is 17.3 Å². The van der Waals surface area contributed by atoms with Crippen molar-refractivity contribution in [3.63, 3.8) is 0 Å². The molecule has 28 heavy (non-hydrogen) atoms. The molecule has 0 N–H and O–H groups in total. The number of sulfonamides is 1. The molecule has 1 fully saturated rings. The predicted molar refractivity (Wildman–Crippen MR) is 104 cm³/mol. The normalized spacial score (nSPS) is 15.3. The van der Waals surface area contributed by atoms with Crippen LogP contribution in [0.25, 0.3) is 0 Å². The fraction of sp³-hybridized carbons (Fsp3) is 0.300. The van der Waals surface area contributed by atoms with Crippen LogP contribution in [0.5, 0.6) is 5.75 Å². The summed E-state index contributed by atoms with van der Waals surface area (Å²) in [5.41, 5.74) is 1.39. The number of nitrogens with zero attached hydrogens (tertiary/aromatic N) is 2. The van der Waals surface area contributed by atoms with Crippen molar-refractivity contribution >= 4 is 21.9 Å². The van der Waals surface area contributed by atoms with Gasteiger partial charge in [-0.05, 0) is 37.3 Å². The van der Waals surface area contributed by atoms with Crippen LogP contribution in [0.1, 0.15) is 22.8 Å². The van der Waals surface area contributed by atoms with E-state index in [0.717, 1.165) is 5.56 Å². The van der Waals surface area contributed by atoms with Crippen molar-refractivity contribution in [3.8, 4) is 5.75 Å². The monoisotopic (exact) mass is 402 g/mol. The molecule has 1 aliphatic rings. The lowest BCUT2D eigenvalue weighted by Gasteiger charge is -2.34. The van der Waals surface area contributed by atoms with Crippen molar-refractivity contribution in [1.29, 1.82) is 0 Å². The molecule has 0 unspecified atom stereocenters. The quantitative estimate of drug-likeness (QED) is 0.577. The summed E-state index contributed by atoms with van der Waals surface area (Å²) in [4.78, 5) is 25.7. The number of carbonyl (C=O) groups excluding carboxylic acids is 2. The van der Waals surface area contributed by atoms with Gasteiger partial charge >= 0.3 is 5.97 Å². The van der Waals surface area contributed by atoms with Gasteiger partial charge in [0.15, 0.2) is 0 Å². The summed E-state index contributed by atoms with van der Waals surface area (Å²) in [6, 6.07) is 13.1. The van der Waals surface area contributed by atoms with Gasteiger partial charge in [-0.15, -0.1) is 0 Å². The Kier molecular flexibility index (Phi) is 5.81. The molecule has 0 atom stereocenters. The molecule has 3 rings (SSSR count). The van der Waals surface area contributed by atoms with Gasteiger partial charge in [0.2, 0.25) is 10.0 Å². The number of piperazine rings is 1. The summed E-state index contributed by atoms with van der Waals surface area (Å²) in [6.07, 6.45) is 0. The van der Waals surface area contributed by atoms with Gasteiger partial charge in [-0.3, -0.25) is 9.59 Å². The van der Waals surface area contributed by atoms with E-state index in [4.69, 9.17) is 4.74 Å². The first-order valence-electron chi connectivity index (χ1n) is 8.92. The number of hydrogen-bond acceptors (Lipinski definition) is 5. The minimum atomic E-state index is -3.57. The second kappa shape index (κ2) is 8.12. The highest BCUT2D eigenvalue weighted by atomic mass is 32.2. The maximum absolute atomic E-state index is 12.8. The summed E-state index contributed by atoms with van der Waals surface area (Å²) in [5.74, 6) is -0.375. The lowest BCUT2D eigenvalue weighted by Crippen LogP contribution is -2.50. The van der Waals surface area contributed by atoms with Crippen LogP contribution in [-0.2, 0) is 14.8 Å². The fourth-order valence-corrected chi connectivity index (χ4v) is 4.45. The van der Waals surface area contributed by atoms with Crippen LogP contribution in [0, 0.1) is 6.92 Å². The second-order valence-electron chi connectivity index (χ2n) is 6.63. The number of carbonyl (C=O) groups is 2.